The van der Waals surface area contributed by atoms with Crippen molar-refractivity contribution < 1.29 is 4.57 Å². The van der Waals surface area contributed by atoms with Gasteiger partial charge in [-0.15, -0.1) is 0 Å². The summed E-state index contributed by atoms with van der Waals surface area (Å²) in [6, 6.07) is 6.00. The van der Waals surface area contributed by atoms with Gasteiger partial charge in [0.25, 0.3) is 0 Å². The normalized spacial score (nSPS) is 12.9. The summed E-state index contributed by atoms with van der Waals surface area (Å²) in [5.74, 6) is 0.969. The van der Waals surface area contributed by atoms with Gasteiger partial charge in [0.05, 0.1) is 6.17 Å². The van der Waals surface area contributed by atoms with Gasteiger partial charge in [-0.05, 0) is 16.1 Å². The van der Waals surface area contributed by atoms with Crippen molar-refractivity contribution in [1.82, 2.24) is 9.55 Å². The van der Waals surface area contributed by atoms with Crippen LogP contribution in [0, 0.1) is 0 Å². The number of imidazole rings is 1. The number of hydrogen-bond donors (Lipinski definition) is 0. The third-order valence-electron chi connectivity index (χ3n) is 3.76. The van der Waals surface area contributed by atoms with E-state index in [1.807, 2.05) is 24.4 Å². The Morgan fingerprint density at radius 1 is 1.10 bits per heavy atom. The second-order valence-corrected chi connectivity index (χ2v) is 11.9. The maximum atomic E-state index is 4.40. The van der Waals surface area contributed by atoms with Crippen LogP contribution in [0.3, 0.4) is 0 Å². The third-order valence-corrected chi connectivity index (χ3v) is 8.06. The zero-order valence-electron chi connectivity index (χ0n) is 14.1. The summed E-state index contributed by atoms with van der Waals surface area (Å²) in [4.78, 5) is 4.40. The van der Waals surface area contributed by atoms with Crippen LogP contribution >= 0.6 is 0 Å². The zero-order chi connectivity index (χ0) is 15.7. The van der Waals surface area contributed by atoms with Crippen LogP contribution in [-0.4, -0.2) is 18.3 Å². The van der Waals surface area contributed by atoms with Gasteiger partial charge < -0.3 is 0 Å². The van der Waals surface area contributed by atoms with Crippen molar-refractivity contribution in [2.24, 2.45) is 0 Å². The molecule has 0 bridgehead atoms. The summed E-state index contributed by atoms with van der Waals surface area (Å²) < 4.78 is 4.41. The molecule has 0 aliphatic rings. The molecule has 2 aromatic rings. The molecule has 2 rings (SSSR count). The van der Waals surface area contributed by atoms with Crippen molar-refractivity contribution in [3.8, 4) is 5.82 Å². The lowest BCUT2D eigenvalue weighted by Gasteiger charge is -2.37. The van der Waals surface area contributed by atoms with Crippen molar-refractivity contribution in [3.05, 3.63) is 43.1 Å². The molecule has 2 aromatic heterocycles. The number of aromatic nitrogens is 3. The predicted molar refractivity (Wildman–Crippen MR) is 88.9 cm³/mol. The van der Waals surface area contributed by atoms with E-state index in [1.165, 1.54) is 0 Å². The monoisotopic (exact) mass is 301 g/mol. The van der Waals surface area contributed by atoms with Crippen LogP contribution in [0.25, 0.3) is 5.82 Å². The molecule has 0 aromatic carbocycles. The third kappa shape index (κ3) is 4.03. The molecule has 3 nitrogen and oxygen atoms in total. The average molecular weight is 302 g/mol. The maximum absolute atomic E-state index is 4.40. The van der Waals surface area contributed by atoms with E-state index in [-0.39, 0.29) is 0 Å². The van der Waals surface area contributed by atoms with Crippen LogP contribution in [0.1, 0.15) is 41.5 Å². The minimum absolute atomic E-state index is 0.378. The highest BCUT2D eigenvalue weighted by Crippen LogP contribution is 2.41. The molecule has 0 spiro atoms. The summed E-state index contributed by atoms with van der Waals surface area (Å²) in [6.45, 7) is 14.3. The van der Waals surface area contributed by atoms with Gasteiger partial charge in [-0.25, -0.2) is 9.55 Å². The fourth-order valence-electron chi connectivity index (χ4n) is 2.91. The van der Waals surface area contributed by atoms with Crippen molar-refractivity contribution in [3.63, 3.8) is 0 Å². The number of rotatable bonds is 3. The molecule has 1 radical (unpaired) electrons. The lowest BCUT2D eigenvalue weighted by molar-refractivity contribution is -0.679. The first-order valence-corrected chi connectivity index (χ1v) is 9.24. The molecule has 0 fully saturated rings. The molecule has 2 heterocycles. The Bertz CT molecular complexity index is 562. The summed E-state index contributed by atoms with van der Waals surface area (Å²) >= 11 is 0. The Balaban J connectivity index is 2.22. The van der Waals surface area contributed by atoms with Gasteiger partial charge in [-0.1, -0.05) is 47.6 Å². The van der Waals surface area contributed by atoms with Crippen LogP contribution in [-0.2, 0) is 6.17 Å². The van der Waals surface area contributed by atoms with Gasteiger partial charge in [0.1, 0.15) is 21.2 Å². The fraction of sp³-hybridized carbons (Fsp3) is 0.529. The van der Waals surface area contributed by atoms with Crippen LogP contribution in [0.15, 0.2) is 43.1 Å². The largest absolute Gasteiger partial charge is 0.249 e. The van der Waals surface area contributed by atoms with Crippen LogP contribution in [0.5, 0.6) is 0 Å². The molecule has 0 amide bonds. The molecule has 0 unspecified atom stereocenters. The van der Waals surface area contributed by atoms with Crippen LogP contribution in [0.4, 0.5) is 0 Å². The second-order valence-electron chi connectivity index (χ2n) is 7.66. The Morgan fingerprint density at radius 2 is 1.76 bits per heavy atom. The van der Waals surface area contributed by atoms with Crippen molar-refractivity contribution in [1.29, 1.82) is 0 Å². The molecule has 21 heavy (non-hydrogen) atoms. The molecule has 0 N–H and O–H groups in total. The van der Waals surface area contributed by atoms with Gasteiger partial charge in [0, 0.05) is 12.3 Å². The van der Waals surface area contributed by atoms with E-state index in [1.54, 1.807) is 0 Å². The molecular weight excluding hydrogens is 274 g/mol. The van der Waals surface area contributed by atoms with Gasteiger partial charge in [0.15, 0.2) is 0 Å². The Kier molecular flexibility index (Phi) is 4.37. The van der Waals surface area contributed by atoms with Crippen LogP contribution in [0.2, 0.25) is 10.1 Å². The summed E-state index contributed by atoms with van der Waals surface area (Å²) in [7, 11) is -0.567. The quantitative estimate of drug-likeness (QED) is 0.624. The first-order chi connectivity index (χ1) is 9.68. The van der Waals surface area contributed by atoms with Gasteiger partial charge in [-0.2, -0.15) is 4.57 Å². The van der Waals surface area contributed by atoms with Crippen molar-refractivity contribution in [2.75, 3.05) is 0 Å². The van der Waals surface area contributed by atoms with Gasteiger partial charge in [0.2, 0.25) is 12.1 Å². The van der Waals surface area contributed by atoms with Crippen LogP contribution < -0.4 is 4.57 Å². The Labute approximate surface area is 130 Å². The molecular formula is C17H27N3Si+. The minimum Gasteiger partial charge on any atom is -0.240 e. The lowest BCUT2D eigenvalue weighted by atomic mass is 10.2. The van der Waals surface area contributed by atoms with Gasteiger partial charge >= 0.3 is 0 Å². The molecule has 0 aliphatic carbocycles. The second kappa shape index (κ2) is 5.76. The smallest absolute Gasteiger partial charge is 0.240 e. The predicted octanol–water partition coefficient (Wildman–Crippen LogP) is 3.79. The Morgan fingerprint density at radius 3 is 2.29 bits per heavy atom. The van der Waals surface area contributed by atoms with E-state index in [4.69, 9.17) is 0 Å². The van der Waals surface area contributed by atoms with E-state index in [2.05, 4.69) is 74.4 Å². The van der Waals surface area contributed by atoms with Crippen molar-refractivity contribution >= 4 is 8.80 Å². The molecule has 4 heteroatoms. The number of hydrogen-bond acceptors (Lipinski definition) is 1. The lowest BCUT2D eigenvalue weighted by Crippen LogP contribution is -2.49. The maximum Gasteiger partial charge on any atom is 0.249 e. The number of nitrogens with zero attached hydrogens (tertiary/aromatic N) is 3. The Hall–Kier alpha value is -1.42. The topological polar surface area (TPSA) is 21.7 Å². The van der Waals surface area contributed by atoms with E-state index in [9.17, 15) is 0 Å². The first-order valence-electron chi connectivity index (χ1n) is 7.53. The molecule has 0 saturated heterocycles. The molecule has 0 saturated carbocycles. The zero-order valence-corrected chi connectivity index (χ0v) is 15.1. The minimum atomic E-state index is -0.567. The van der Waals surface area contributed by atoms with E-state index >= 15 is 0 Å². The number of pyridine rings is 1. The SMILES string of the molecule is CC(C)(C)[Si](C[n+]1ccn(-c2ccccn2)c1)C(C)(C)C. The highest BCUT2D eigenvalue weighted by atomic mass is 28.3. The molecule has 0 aliphatic heterocycles. The van der Waals surface area contributed by atoms with E-state index < -0.39 is 8.80 Å². The standard InChI is InChI=1S/C17H27N3Si/c1-16(2,3)21(17(4,5)6)14-19-11-12-20(13-19)15-9-7-8-10-18-15/h7-13H,14H2,1-6H3/q+1. The molecule has 113 valence electrons. The van der Waals surface area contributed by atoms with Gasteiger partial charge in [-0.3, -0.25) is 0 Å². The average Bonchev–Trinajstić information content (AvgIpc) is 2.83. The summed E-state index contributed by atoms with van der Waals surface area (Å²) in [6.07, 6.45) is 9.37. The van der Waals surface area contributed by atoms with E-state index in [0.29, 0.717) is 10.1 Å². The summed E-state index contributed by atoms with van der Waals surface area (Å²) in [5.41, 5.74) is 0. The highest BCUT2D eigenvalue weighted by molar-refractivity contribution is 6.63. The fourth-order valence-corrected chi connectivity index (χ4v) is 6.66. The highest BCUT2D eigenvalue weighted by Gasteiger charge is 2.38. The summed E-state index contributed by atoms with van der Waals surface area (Å²) in [5, 5.41) is 0.756. The first kappa shape index (κ1) is 16.0. The molecule has 0 atom stereocenters. The van der Waals surface area contributed by atoms with Crippen molar-refractivity contribution in [2.45, 2.75) is 57.8 Å². The van der Waals surface area contributed by atoms with E-state index in [0.717, 1.165) is 12.0 Å².